The summed E-state index contributed by atoms with van der Waals surface area (Å²) in [6.07, 6.45) is -0.680. The first-order valence-corrected chi connectivity index (χ1v) is 10.5. The molecule has 5 nitrogen and oxygen atoms in total. The van der Waals surface area contributed by atoms with Crippen molar-refractivity contribution in [1.29, 1.82) is 0 Å². The van der Waals surface area contributed by atoms with Crippen LogP contribution in [0.3, 0.4) is 0 Å². The number of carbonyl (C=O) groups excluding carboxylic acids is 1. The lowest BCUT2D eigenvalue weighted by Crippen LogP contribution is -2.49. The molecular weight excluding hydrogens is 421 g/mol. The van der Waals surface area contributed by atoms with E-state index in [0.29, 0.717) is 23.1 Å². The van der Waals surface area contributed by atoms with Crippen LogP contribution in [0.4, 0.5) is 8.78 Å². The molecule has 0 unspecified atom stereocenters. The van der Waals surface area contributed by atoms with Crippen molar-refractivity contribution >= 4 is 29.1 Å². The van der Waals surface area contributed by atoms with Crippen molar-refractivity contribution < 1.29 is 13.6 Å². The van der Waals surface area contributed by atoms with Crippen LogP contribution in [0.2, 0.25) is 10.0 Å². The number of benzene rings is 1. The molecule has 2 aromatic rings. The number of carbonyl (C=O) groups is 1. The van der Waals surface area contributed by atoms with Crippen LogP contribution in [0, 0.1) is 0 Å². The fourth-order valence-corrected chi connectivity index (χ4v) is 3.99. The van der Waals surface area contributed by atoms with Crippen molar-refractivity contribution in [3.05, 3.63) is 51.3 Å². The molecule has 1 saturated heterocycles. The van der Waals surface area contributed by atoms with E-state index in [0.717, 1.165) is 43.7 Å². The van der Waals surface area contributed by atoms with Crippen LogP contribution in [0.1, 0.15) is 42.1 Å². The van der Waals surface area contributed by atoms with Gasteiger partial charge in [0.1, 0.15) is 12.2 Å². The molecule has 2 aliphatic rings. The van der Waals surface area contributed by atoms with Crippen LogP contribution in [0.25, 0.3) is 0 Å². The van der Waals surface area contributed by atoms with Gasteiger partial charge in [0.2, 0.25) is 5.91 Å². The van der Waals surface area contributed by atoms with E-state index < -0.39 is 6.43 Å². The van der Waals surface area contributed by atoms with Gasteiger partial charge in [0, 0.05) is 44.3 Å². The highest BCUT2D eigenvalue weighted by Crippen LogP contribution is 2.41. The Hall–Kier alpha value is -1.70. The van der Waals surface area contributed by atoms with Gasteiger partial charge in [-0.25, -0.2) is 8.78 Å². The molecule has 1 aromatic heterocycles. The minimum atomic E-state index is -2.62. The summed E-state index contributed by atoms with van der Waals surface area (Å²) in [5, 5.41) is 5.04. The van der Waals surface area contributed by atoms with E-state index in [1.165, 1.54) is 10.7 Å². The molecule has 1 aliphatic heterocycles. The van der Waals surface area contributed by atoms with Gasteiger partial charge in [-0.1, -0.05) is 29.3 Å². The molecule has 0 atom stereocenters. The zero-order valence-corrected chi connectivity index (χ0v) is 17.3. The highest BCUT2D eigenvalue weighted by atomic mass is 35.5. The van der Waals surface area contributed by atoms with Crippen molar-refractivity contribution in [3.8, 4) is 0 Å². The molecular formula is C20H22Cl2F2N4O. The Labute approximate surface area is 178 Å². The van der Waals surface area contributed by atoms with Crippen molar-refractivity contribution in [3.63, 3.8) is 0 Å². The number of rotatable bonds is 6. The number of halogens is 4. The van der Waals surface area contributed by atoms with Gasteiger partial charge < -0.3 is 4.90 Å². The van der Waals surface area contributed by atoms with Gasteiger partial charge >= 0.3 is 0 Å². The van der Waals surface area contributed by atoms with E-state index in [9.17, 15) is 13.6 Å². The van der Waals surface area contributed by atoms with E-state index in [1.807, 2.05) is 12.1 Å². The Morgan fingerprint density at radius 2 is 1.83 bits per heavy atom. The highest BCUT2D eigenvalue weighted by Gasteiger charge is 2.31. The Morgan fingerprint density at radius 1 is 1.10 bits per heavy atom. The quantitative estimate of drug-likeness (QED) is 0.667. The molecule has 9 heteroatoms. The molecule has 1 aromatic carbocycles. The van der Waals surface area contributed by atoms with Crippen LogP contribution in [-0.4, -0.2) is 51.7 Å². The second kappa shape index (κ2) is 8.58. The van der Waals surface area contributed by atoms with E-state index in [2.05, 4.69) is 10.00 Å². The first-order valence-electron chi connectivity index (χ1n) is 9.70. The van der Waals surface area contributed by atoms with Crippen molar-refractivity contribution in [2.75, 3.05) is 26.2 Å². The summed E-state index contributed by atoms with van der Waals surface area (Å²) in [4.78, 5) is 16.8. The second-order valence-electron chi connectivity index (χ2n) is 7.63. The molecule has 29 heavy (non-hydrogen) atoms. The van der Waals surface area contributed by atoms with Crippen molar-refractivity contribution in [2.45, 2.75) is 38.3 Å². The molecule has 0 bridgehead atoms. The topological polar surface area (TPSA) is 41.4 Å². The summed E-state index contributed by atoms with van der Waals surface area (Å²) < 4.78 is 27.5. The zero-order valence-electron chi connectivity index (χ0n) is 15.8. The molecule has 2 heterocycles. The minimum Gasteiger partial charge on any atom is -0.339 e. The Morgan fingerprint density at radius 3 is 2.45 bits per heavy atom. The SMILES string of the molecule is O=C(Cn1nc(C(F)F)cc1C1CC1)N1CCN(Cc2ccc(Cl)c(Cl)c2)CC1. The first kappa shape index (κ1) is 20.6. The maximum Gasteiger partial charge on any atom is 0.282 e. The van der Waals surface area contributed by atoms with Crippen LogP contribution < -0.4 is 0 Å². The maximum absolute atomic E-state index is 13.0. The Balaban J connectivity index is 1.33. The number of alkyl halides is 2. The summed E-state index contributed by atoms with van der Waals surface area (Å²) in [6, 6.07) is 7.04. The fraction of sp³-hybridized carbons (Fsp3) is 0.500. The number of aromatic nitrogens is 2. The summed E-state index contributed by atoms with van der Waals surface area (Å²) in [7, 11) is 0. The van der Waals surface area contributed by atoms with Gasteiger partial charge in [-0.05, 0) is 36.6 Å². The van der Waals surface area contributed by atoms with E-state index in [1.54, 1.807) is 11.0 Å². The molecule has 2 fully saturated rings. The van der Waals surface area contributed by atoms with Gasteiger partial charge in [0.25, 0.3) is 6.43 Å². The van der Waals surface area contributed by atoms with Crippen LogP contribution in [0.5, 0.6) is 0 Å². The van der Waals surface area contributed by atoms with Crippen LogP contribution in [0.15, 0.2) is 24.3 Å². The second-order valence-corrected chi connectivity index (χ2v) is 8.45. The molecule has 0 radical (unpaired) electrons. The lowest BCUT2D eigenvalue weighted by atomic mass is 10.2. The largest absolute Gasteiger partial charge is 0.339 e. The predicted molar refractivity (Wildman–Crippen MR) is 107 cm³/mol. The van der Waals surface area contributed by atoms with Gasteiger partial charge in [-0.15, -0.1) is 0 Å². The summed E-state index contributed by atoms with van der Waals surface area (Å²) >= 11 is 12.0. The lowest BCUT2D eigenvalue weighted by molar-refractivity contribution is -0.133. The number of hydrogen-bond acceptors (Lipinski definition) is 3. The molecule has 1 aliphatic carbocycles. The maximum atomic E-state index is 13.0. The smallest absolute Gasteiger partial charge is 0.282 e. The third-order valence-electron chi connectivity index (χ3n) is 5.45. The summed E-state index contributed by atoms with van der Waals surface area (Å²) in [5.41, 5.74) is 1.59. The van der Waals surface area contributed by atoms with Gasteiger partial charge in [0.05, 0.1) is 10.0 Å². The van der Waals surface area contributed by atoms with Crippen LogP contribution in [-0.2, 0) is 17.9 Å². The molecule has 0 spiro atoms. The molecule has 4 rings (SSSR count). The van der Waals surface area contributed by atoms with E-state index >= 15 is 0 Å². The van der Waals surface area contributed by atoms with Gasteiger partial charge in [-0.2, -0.15) is 5.10 Å². The number of piperazine rings is 1. The lowest BCUT2D eigenvalue weighted by Gasteiger charge is -2.35. The molecule has 0 N–H and O–H groups in total. The summed E-state index contributed by atoms with van der Waals surface area (Å²) in [5.74, 6) is 0.177. The minimum absolute atomic E-state index is 0.0192. The summed E-state index contributed by atoms with van der Waals surface area (Å²) in [6.45, 7) is 3.43. The molecule has 1 saturated carbocycles. The first-order chi connectivity index (χ1) is 13.9. The monoisotopic (exact) mass is 442 g/mol. The third-order valence-corrected chi connectivity index (χ3v) is 6.19. The Kier molecular flexibility index (Phi) is 6.08. The number of nitrogens with zero attached hydrogens (tertiary/aromatic N) is 4. The Bertz CT molecular complexity index is 893. The van der Waals surface area contributed by atoms with Crippen LogP contribution >= 0.6 is 23.2 Å². The van der Waals surface area contributed by atoms with Crippen molar-refractivity contribution in [2.24, 2.45) is 0 Å². The van der Waals surface area contributed by atoms with Gasteiger partial charge in [0.15, 0.2) is 0 Å². The molecule has 156 valence electrons. The number of amides is 1. The van der Waals surface area contributed by atoms with Crippen molar-refractivity contribution in [1.82, 2.24) is 19.6 Å². The predicted octanol–water partition coefficient (Wildman–Crippen LogP) is 4.35. The van der Waals surface area contributed by atoms with E-state index in [4.69, 9.17) is 23.2 Å². The normalized spacial score (nSPS) is 17.9. The highest BCUT2D eigenvalue weighted by molar-refractivity contribution is 6.42. The fourth-order valence-electron chi connectivity index (χ4n) is 3.67. The van der Waals surface area contributed by atoms with Gasteiger partial charge in [-0.3, -0.25) is 14.4 Å². The standard InChI is InChI=1S/C20H22Cl2F2N4O/c21-15-4-1-13(9-16(15)22)11-26-5-7-27(8-6-26)19(29)12-28-18(14-2-3-14)10-17(25-28)20(23)24/h1,4,9-10,14,20H,2-3,5-8,11-12H2. The average Bonchev–Trinajstić information content (AvgIpc) is 3.45. The molecule has 1 amide bonds. The average molecular weight is 443 g/mol. The third kappa shape index (κ3) is 4.90. The zero-order chi connectivity index (χ0) is 20.5. The van der Waals surface area contributed by atoms with E-state index in [-0.39, 0.29) is 24.1 Å². The number of hydrogen-bond donors (Lipinski definition) is 0.